The SMILES string of the molecule is CCOCCCNC(=O)CSc1nncn1-c1ccc(C)c(Cl)c1. The summed E-state index contributed by atoms with van der Waals surface area (Å²) in [6, 6.07) is 5.75. The van der Waals surface area contributed by atoms with Gasteiger partial charge in [0.1, 0.15) is 6.33 Å². The van der Waals surface area contributed by atoms with Crippen LogP contribution in [0, 0.1) is 6.92 Å². The molecule has 6 nitrogen and oxygen atoms in total. The third-order valence-corrected chi connectivity index (χ3v) is 4.62. The Labute approximate surface area is 150 Å². The van der Waals surface area contributed by atoms with E-state index in [-0.39, 0.29) is 11.7 Å². The van der Waals surface area contributed by atoms with Gasteiger partial charge in [0.2, 0.25) is 5.91 Å². The highest BCUT2D eigenvalue weighted by Crippen LogP contribution is 2.23. The molecule has 8 heteroatoms. The molecule has 130 valence electrons. The largest absolute Gasteiger partial charge is 0.382 e. The summed E-state index contributed by atoms with van der Waals surface area (Å²) < 4.78 is 7.05. The van der Waals surface area contributed by atoms with Crippen LogP contribution in [0.3, 0.4) is 0 Å². The number of nitrogens with zero attached hydrogens (tertiary/aromatic N) is 3. The number of carbonyl (C=O) groups is 1. The number of hydrogen-bond donors (Lipinski definition) is 1. The van der Waals surface area contributed by atoms with E-state index in [0.29, 0.717) is 29.9 Å². The van der Waals surface area contributed by atoms with Crippen LogP contribution in [-0.4, -0.2) is 46.2 Å². The zero-order chi connectivity index (χ0) is 17.4. The molecular weight excluding hydrogens is 348 g/mol. The van der Waals surface area contributed by atoms with Crippen molar-refractivity contribution >= 4 is 29.3 Å². The third kappa shape index (κ3) is 5.51. The van der Waals surface area contributed by atoms with Crippen molar-refractivity contribution in [3.63, 3.8) is 0 Å². The highest BCUT2D eigenvalue weighted by atomic mass is 35.5. The molecule has 0 saturated carbocycles. The molecule has 1 heterocycles. The molecule has 0 aliphatic carbocycles. The molecule has 0 fully saturated rings. The molecule has 24 heavy (non-hydrogen) atoms. The van der Waals surface area contributed by atoms with Crippen LogP contribution in [0.15, 0.2) is 29.7 Å². The van der Waals surface area contributed by atoms with Crippen molar-refractivity contribution in [3.05, 3.63) is 35.1 Å². The van der Waals surface area contributed by atoms with Gasteiger partial charge >= 0.3 is 0 Å². The molecule has 0 radical (unpaired) electrons. The summed E-state index contributed by atoms with van der Waals surface area (Å²) in [4.78, 5) is 11.9. The minimum atomic E-state index is -0.0343. The molecule has 0 spiro atoms. The zero-order valence-electron chi connectivity index (χ0n) is 13.8. The van der Waals surface area contributed by atoms with E-state index in [4.69, 9.17) is 16.3 Å². The van der Waals surface area contributed by atoms with Gasteiger partial charge in [-0.3, -0.25) is 9.36 Å². The van der Waals surface area contributed by atoms with Gasteiger partial charge in [-0.25, -0.2) is 0 Å². The van der Waals surface area contributed by atoms with Crippen molar-refractivity contribution in [1.29, 1.82) is 0 Å². The fraction of sp³-hybridized carbons (Fsp3) is 0.438. The summed E-state index contributed by atoms with van der Waals surface area (Å²) in [5, 5.41) is 12.2. The van der Waals surface area contributed by atoms with Gasteiger partial charge < -0.3 is 10.1 Å². The van der Waals surface area contributed by atoms with Crippen molar-refractivity contribution < 1.29 is 9.53 Å². The molecule has 1 amide bonds. The number of hydrogen-bond acceptors (Lipinski definition) is 5. The number of benzene rings is 1. The van der Waals surface area contributed by atoms with Crippen molar-refractivity contribution in [1.82, 2.24) is 20.1 Å². The first-order valence-corrected chi connectivity index (χ1v) is 9.12. The molecule has 0 unspecified atom stereocenters. The molecule has 2 aromatic rings. The van der Waals surface area contributed by atoms with Gasteiger partial charge in [0.25, 0.3) is 0 Å². The number of carbonyl (C=O) groups excluding carboxylic acids is 1. The van der Waals surface area contributed by atoms with Crippen LogP contribution in [-0.2, 0) is 9.53 Å². The van der Waals surface area contributed by atoms with Gasteiger partial charge in [-0.15, -0.1) is 10.2 Å². The second-order valence-corrected chi connectivity index (χ2v) is 6.46. The van der Waals surface area contributed by atoms with Crippen LogP contribution in [0.25, 0.3) is 5.69 Å². The number of thioether (sulfide) groups is 1. The zero-order valence-corrected chi connectivity index (χ0v) is 15.4. The molecule has 0 bridgehead atoms. The Morgan fingerprint density at radius 1 is 1.46 bits per heavy atom. The van der Waals surface area contributed by atoms with E-state index >= 15 is 0 Å². The molecule has 2 rings (SSSR count). The number of halogens is 1. The Balaban J connectivity index is 1.87. The van der Waals surface area contributed by atoms with Crippen molar-refractivity contribution in [2.45, 2.75) is 25.4 Å². The second-order valence-electron chi connectivity index (χ2n) is 5.11. The van der Waals surface area contributed by atoms with Gasteiger partial charge in [0, 0.05) is 24.8 Å². The lowest BCUT2D eigenvalue weighted by Gasteiger charge is -2.08. The number of ether oxygens (including phenoxy) is 1. The smallest absolute Gasteiger partial charge is 0.230 e. The topological polar surface area (TPSA) is 69.0 Å². The highest BCUT2D eigenvalue weighted by Gasteiger charge is 2.10. The van der Waals surface area contributed by atoms with Gasteiger partial charge in [0.15, 0.2) is 5.16 Å². The quantitative estimate of drug-likeness (QED) is 0.544. The number of amides is 1. The van der Waals surface area contributed by atoms with E-state index in [1.165, 1.54) is 11.8 Å². The minimum absolute atomic E-state index is 0.0343. The standard InChI is InChI=1S/C16H21ClN4O2S/c1-3-23-8-4-7-18-15(22)10-24-16-20-19-11-21(16)13-6-5-12(2)14(17)9-13/h5-6,9,11H,3-4,7-8,10H2,1-2H3,(H,18,22). The second kappa shape index (κ2) is 9.66. The van der Waals surface area contributed by atoms with Gasteiger partial charge in [0.05, 0.1) is 11.4 Å². The Kier molecular flexibility index (Phi) is 7.55. The van der Waals surface area contributed by atoms with Gasteiger partial charge in [-0.1, -0.05) is 29.4 Å². The summed E-state index contributed by atoms with van der Waals surface area (Å²) in [6.07, 6.45) is 2.42. The lowest BCUT2D eigenvalue weighted by atomic mass is 10.2. The van der Waals surface area contributed by atoms with Crippen molar-refractivity contribution in [2.75, 3.05) is 25.5 Å². The Morgan fingerprint density at radius 3 is 3.04 bits per heavy atom. The van der Waals surface area contributed by atoms with E-state index in [9.17, 15) is 4.79 Å². The van der Waals surface area contributed by atoms with E-state index in [1.807, 2.05) is 36.6 Å². The van der Waals surface area contributed by atoms with Crippen LogP contribution in [0.1, 0.15) is 18.9 Å². The number of aryl methyl sites for hydroxylation is 1. The van der Waals surface area contributed by atoms with Crippen LogP contribution in [0.2, 0.25) is 5.02 Å². The minimum Gasteiger partial charge on any atom is -0.382 e. The first-order valence-electron chi connectivity index (χ1n) is 7.75. The average Bonchev–Trinajstić information content (AvgIpc) is 3.04. The third-order valence-electron chi connectivity index (χ3n) is 3.27. The first-order chi connectivity index (χ1) is 11.6. The molecule has 1 aromatic carbocycles. The molecule has 0 saturated heterocycles. The first kappa shape index (κ1) is 18.8. The van der Waals surface area contributed by atoms with Crippen LogP contribution >= 0.6 is 23.4 Å². The van der Waals surface area contributed by atoms with Crippen LogP contribution in [0.4, 0.5) is 0 Å². The summed E-state index contributed by atoms with van der Waals surface area (Å²) in [5.41, 5.74) is 1.88. The van der Waals surface area contributed by atoms with Gasteiger partial charge in [-0.05, 0) is 38.0 Å². The number of rotatable bonds is 9. The summed E-state index contributed by atoms with van der Waals surface area (Å²) >= 11 is 7.51. The number of nitrogens with one attached hydrogen (secondary N) is 1. The summed E-state index contributed by atoms with van der Waals surface area (Å²) in [7, 11) is 0. The normalized spacial score (nSPS) is 10.8. The van der Waals surface area contributed by atoms with Crippen molar-refractivity contribution in [2.24, 2.45) is 0 Å². The van der Waals surface area contributed by atoms with E-state index in [2.05, 4.69) is 15.5 Å². The fourth-order valence-electron chi connectivity index (χ4n) is 1.96. The maximum absolute atomic E-state index is 11.9. The Bertz CT molecular complexity index is 678. The monoisotopic (exact) mass is 368 g/mol. The fourth-order valence-corrected chi connectivity index (χ4v) is 2.89. The maximum atomic E-state index is 11.9. The van der Waals surface area contributed by atoms with Crippen molar-refractivity contribution in [3.8, 4) is 5.69 Å². The molecule has 0 aliphatic rings. The maximum Gasteiger partial charge on any atom is 0.230 e. The lowest BCUT2D eigenvalue weighted by molar-refractivity contribution is -0.118. The van der Waals surface area contributed by atoms with Gasteiger partial charge in [-0.2, -0.15) is 0 Å². The molecule has 0 aliphatic heterocycles. The highest BCUT2D eigenvalue weighted by molar-refractivity contribution is 7.99. The average molecular weight is 369 g/mol. The van der Waals surface area contributed by atoms with E-state index in [0.717, 1.165) is 17.7 Å². The molecule has 0 atom stereocenters. The summed E-state index contributed by atoms with van der Waals surface area (Å²) in [6.45, 7) is 5.87. The molecular formula is C16H21ClN4O2S. The van der Waals surface area contributed by atoms with Crippen LogP contribution in [0.5, 0.6) is 0 Å². The van der Waals surface area contributed by atoms with E-state index in [1.54, 1.807) is 6.33 Å². The Morgan fingerprint density at radius 2 is 2.29 bits per heavy atom. The molecule has 1 N–H and O–H groups in total. The van der Waals surface area contributed by atoms with E-state index < -0.39 is 0 Å². The van der Waals surface area contributed by atoms with Crippen LogP contribution < -0.4 is 5.32 Å². The predicted octanol–water partition coefficient (Wildman–Crippen LogP) is 2.86. The number of aromatic nitrogens is 3. The Hall–Kier alpha value is -1.57. The summed E-state index contributed by atoms with van der Waals surface area (Å²) in [5.74, 6) is 0.250. The molecule has 1 aromatic heterocycles. The lowest BCUT2D eigenvalue weighted by Crippen LogP contribution is -2.27. The predicted molar refractivity (Wildman–Crippen MR) is 95.9 cm³/mol.